The maximum atomic E-state index is 5.88. The lowest BCUT2D eigenvalue weighted by Crippen LogP contribution is -2.36. The lowest BCUT2D eigenvalue weighted by Gasteiger charge is -2.32. The van der Waals surface area contributed by atoms with Gasteiger partial charge in [-0.05, 0) is 43.0 Å². The molecule has 1 heterocycles. The molecule has 0 amide bonds. The third kappa shape index (κ3) is 2.85. The molecule has 1 saturated carbocycles. The van der Waals surface area contributed by atoms with Gasteiger partial charge in [0, 0.05) is 11.7 Å². The molecule has 1 aliphatic rings. The van der Waals surface area contributed by atoms with Crippen molar-refractivity contribution in [1.29, 1.82) is 0 Å². The highest BCUT2D eigenvalue weighted by atomic mass is 14.9. The maximum Gasteiger partial charge on any atom is 0.0924 e. The van der Waals surface area contributed by atoms with Crippen molar-refractivity contribution in [3.8, 4) is 11.3 Å². The first-order chi connectivity index (χ1) is 9.86. The minimum Gasteiger partial charge on any atom is -0.382 e. The first-order valence-electron chi connectivity index (χ1n) is 7.42. The van der Waals surface area contributed by atoms with E-state index in [1.807, 2.05) is 6.20 Å². The van der Waals surface area contributed by atoms with E-state index in [0.717, 1.165) is 17.8 Å². The molecule has 1 fully saturated rings. The molecule has 2 aromatic rings. The molecule has 0 radical (unpaired) electrons. The summed E-state index contributed by atoms with van der Waals surface area (Å²) < 4.78 is 0. The van der Waals surface area contributed by atoms with E-state index in [1.54, 1.807) is 6.33 Å². The molecule has 106 valence electrons. The summed E-state index contributed by atoms with van der Waals surface area (Å²) >= 11 is 0. The lowest BCUT2D eigenvalue weighted by molar-refractivity contribution is 0.332. The van der Waals surface area contributed by atoms with E-state index in [-0.39, 0.29) is 0 Å². The zero-order chi connectivity index (χ0) is 13.8. The molecular formula is C16H22N4. The Labute approximate surface area is 119 Å². The van der Waals surface area contributed by atoms with E-state index in [9.17, 15) is 0 Å². The van der Waals surface area contributed by atoms with Crippen LogP contribution in [0.3, 0.4) is 0 Å². The number of hydrogen-bond acceptors (Lipinski definition) is 3. The standard InChI is InChI=1S/C16H22N4/c17-9-13-3-1-2-4-15(13)20-14-7-5-12(6-8-14)16-10-18-11-19-16/h5-8,10-11,13,15,20H,1-4,9,17H2,(H,18,19). The normalized spacial score (nSPS) is 22.6. The zero-order valence-electron chi connectivity index (χ0n) is 11.7. The van der Waals surface area contributed by atoms with Gasteiger partial charge in [-0.15, -0.1) is 0 Å². The van der Waals surface area contributed by atoms with Crippen LogP contribution in [0, 0.1) is 5.92 Å². The molecule has 2 unspecified atom stereocenters. The highest BCUT2D eigenvalue weighted by Crippen LogP contribution is 2.27. The monoisotopic (exact) mass is 270 g/mol. The van der Waals surface area contributed by atoms with E-state index in [0.29, 0.717) is 12.0 Å². The number of nitrogens with one attached hydrogen (secondary N) is 2. The Bertz CT molecular complexity index is 518. The first kappa shape index (κ1) is 13.2. The van der Waals surface area contributed by atoms with E-state index in [4.69, 9.17) is 5.73 Å². The Morgan fingerprint density at radius 3 is 2.70 bits per heavy atom. The van der Waals surface area contributed by atoms with Crippen LogP contribution < -0.4 is 11.1 Å². The van der Waals surface area contributed by atoms with Crippen molar-refractivity contribution in [1.82, 2.24) is 9.97 Å². The molecule has 1 aliphatic carbocycles. The highest BCUT2D eigenvalue weighted by Gasteiger charge is 2.23. The summed E-state index contributed by atoms with van der Waals surface area (Å²) in [5, 5.41) is 3.65. The van der Waals surface area contributed by atoms with Crippen LogP contribution >= 0.6 is 0 Å². The largest absolute Gasteiger partial charge is 0.382 e. The molecular weight excluding hydrogens is 248 g/mol. The summed E-state index contributed by atoms with van der Waals surface area (Å²) in [5.74, 6) is 0.607. The fourth-order valence-corrected chi connectivity index (χ4v) is 3.05. The molecule has 4 nitrogen and oxygen atoms in total. The molecule has 4 N–H and O–H groups in total. The number of imidazole rings is 1. The SMILES string of the molecule is NCC1CCCCC1Nc1ccc(-c2cnc[nH]2)cc1. The third-order valence-corrected chi connectivity index (χ3v) is 4.26. The predicted molar refractivity (Wildman–Crippen MR) is 82.4 cm³/mol. The van der Waals surface area contributed by atoms with Crippen molar-refractivity contribution < 1.29 is 0 Å². The van der Waals surface area contributed by atoms with Crippen molar-refractivity contribution in [3.05, 3.63) is 36.8 Å². The Morgan fingerprint density at radius 2 is 2.00 bits per heavy atom. The van der Waals surface area contributed by atoms with Crippen LogP contribution in [0.2, 0.25) is 0 Å². The number of rotatable bonds is 4. The number of nitrogens with two attached hydrogens (primary N) is 1. The number of nitrogens with zero attached hydrogens (tertiary/aromatic N) is 1. The van der Waals surface area contributed by atoms with Gasteiger partial charge in [-0.1, -0.05) is 25.0 Å². The number of H-pyrrole nitrogens is 1. The van der Waals surface area contributed by atoms with Crippen LogP contribution in [0.5, 0.6) is 0 Å². The van der Waals surface area contributed by atoms with Gasteiger partial charge in [-0.2, -0.15) is 0 Å². The van der Waals surface area contributed by atoms with Gasteiger partial charge in [-0.25, -0.2) is 4.98 Å². The number of hydrogen-bond donors (Lipinski definition) is 3. The molecule has 1 aromatic heterocycles. The van der Waals surface area contributed by atoms with Gasteiger partial charge in [-0.3, -0.25) is 0 Å². The van der Waals surface area contributed by atoms with Gasteiger partial charge in [0.25, 0.3) is 0 Å². The second kappa shape index (κ2) is 6.09. The Kier molecular flexibility index (Phi) is 4.02. The summed E-state index contributed by atoms with van der Waals surface area (Å²) in [6, 6.07) is 9.04. The summed E-state index contributed by atoms with van der Waals surface area (Å²) in [7, 11) is 0. The van der Waals surface area contributed by atoms with Crippen LogP contribution in [0.4, 0.5) is 5.69 Å². The molecule has 0 spiro atoms. The topological polar surface area (TPSA) is 66.7 Å². The smallest absolute Gasteiger partial charge is 0.0924 e. The quantitative estimate of drug-likeness (QED) is 0.800. The molecule has 0 aliphatic heterocycles. The van der Waals surface area contributed by atoms with Gasteiger partial charge < -0.3 is 16.0 Å². The second-order valence-electron chi connectivity index (χ2n) is 5.57. The fourth-order valence-electron chi connectivity index (χ4n) is 3.05. The minimum absolute atomic E-state index is 0.520. The first-order valence-corrected chi connectivity index (χ1v) is 7.42. The minimum atomic E-state index is 0.520. The molecule has 2 atom stereocenters. The van der Waals surface area contributed by atoms with Crippen molar-refractivity contribution in [2.45, 2.75) is 31.7 Å². The van der Waals surface area contributed by atoms with E-state index in [2.05, 4.69) is 39.6 Å². The Hall–Kier alpha value is -1.81. The average Bonchev–Trinajstić information content (AvgIpc) is 3.03. The predicted octanol–water partition coefficient (Wildman–Crippen LogP) is 3.01. The molecule has 1 aromatic carbocycles. The van der Waals surface area contributed by atoms with Gasteiger partial charge in [0.2, 0.25) is 0 Å². The van der Waals surface area contributed by atoms with Gasteiger partial charge in [0.15, 0.2) is 0 Å². The van der Waals surface area contributed by atoms with E-state index in [1.165, 1.54) is 31.4 Å². The van der Waals surface area contributed by atoms with Gasteiger partial charge in [0.05, 0.1) is 18.2 Å². The van der Waals surface area contributed by atoms with Crippen molar-refractivity contribution in [2.75, 3.05) is 11.9 Å². The maximum absolute atomic E-state index is 5.88. The van der Waals surface area contributed by atoms with Crippen LogP contribution in [-0.4, -0.2) is 22.6 Å². The van der Waals surface area contributed by atoms with Crippen molar-refractivity contribution >= 4 is 5.69 Å². The van der Waals surface area contributed by atoms with Gasteiger partial charge in [0.1, 0.15) is 0 Å². The van der Waals surface area contributed by atoms with E-state index < -0.39 is 0 Å². The molecule has 4 heteroatoms. The lowest BCUT2D eigenvalue weighted by atomic mass is 9.84. The molecule has 0 saturated heterocycles. The fraction of sp³-hybridized carbons (Fsp3) is 0.438. The van der Waals surface area contributed by atoms with Crippen LogP contribution in [0.25, 0.3) is 11.3 Å². The summed E-state index contributed by atoms with van der Waals surface area (Å²) in [5.41, 5.74) is 9.27. The Morgan fingerprint density at radius 1 is 1.20 bits per heavy atom. The molecule has 0 bridgehead atoms. The van der Waals surface area contributed by atoms with Crippen molar-refractivity contribution in [2.24, 2.45) is 11.7 Å². The van der Waals surface area contributed by atoms with Gasteiger partial charge >= 0.3 is 0 Å². The second-order valence-corrected chi connectivity index (χ2v) is 5.57. The number of benzene rings is 1. The average molecular weight is 270 g/mol. The van der Waals surface area contributed by atoms with Crippen LogP contribution in [0.1, 0.15) is 25.7 Å². The number of aromatic nitrogens is 2. The summed E-state index contributed by atoms with van der Waals surface area (Å²) in [6.45, 7) is 0.782. The highest BCUT2D eigenvalue weighted by molar-refractivity contribution is 5.62. The molecule has 20 heavy (non-hydrogen) atoms. The van der Waals surface area contributed by atoms with E-state index >= 15 is 0 Å². The molecule has 3 rings (SSSR count). The summed E-state index contributed by atoms with van der Waals surface area (Å²) in [6.07, 6.45) is 8.65. The third-order valence-electron chi connectivity index (χ3n) is 4.26. The van der Waals surface area contributed by atoms with Crippen molar-refractivity contribution in [3.63, 3.8) is 0 Å². The number of aromatic amines is 1. The van der Waals surface area contributed by atoms with Crippen LogP contribution in [-0.2, 0) is 0 Å². The Balaban J connectivity index is 1.68. The summed E-state index contributed by atoms with van der Waals surface area (Å²) in [4.78, 5) is 7.17. The van der Waals surface area contributed by atoms with Crippen LogP contribution in [0.15, 0.2) is 36.8 Å². The number of anilines is 1. The zero-order valence-corrected chi connectivity index (χ0v) is 11.7.